The Balaban J connectivity index is 1.33. The maximum atomic E-state index is 12.5. The van der Waals surface area contributed by atoms with Crippen LogP contribution < -0.4 is 25.0 Å². The van der Waals surface area contributed by atoms with Crippen LogP contribution in [0.5, 0.6) is 5.75 Å². The van der Waals surface area contributed by atoms with E-state index in [0.717, 1.165) is 31.6 Å². The second-order valence-corrected chi connectivity index (χ2v) is 10.1. The van der Waals surface area contributed by atoms with Gasteiger partial charge in [0.15, 0.2) is 6.61 Å². The maximum Gasteiger partial charge on any atom is 0.262 e. The fourth-order valence-electron chi connectivity index (χ4n) is 4.02. The number of benzene rings is 2. The van der Waals surface area contributed by atoms with Crippen molar-refractivity contribution in [2.24, 2.45) is 0 Å². The van der Waals surface area contributed by atoms with Gasteiger partial charge in [-0.3, -0.25) is 14.3 Å². The molecular weight excluding hydrogens is 444 g/mol. The van der Waals surface area contributed by atoms with Crippen LogP contribution in [0.1, 0.15) is 37.8 Å². The van der Waals surface area contributed by atoms with Crippen LogP contribution >= 0.6 is 0 Å². The Morgan fingerprint density at radius 1 is 1.12 bits per heavy atom. The van der Waals surface area contributed by atoms with Crippen LogP contribution in [-0.4, -0.2) is 45.7 Å². The van der Waals surface area contributed by atoms with Crippen molar-refractivity contribution in [1.82, 2.24) is 5.32 Å². The number of carbonyl (C=O) groups excluding carboxylic acids is 2. The molecule has 1 fully saturated rings. The van der Waals surface area contributed by atoms with E-state index in [1.807, 2.05) is 12.1 Å². The number of hydrogen-bond acceptors (Lipinski definition) is 6. The number of amides is 2. The van der Waals surface area contributed by atoms with Gasteiger partial charge in [-0.2, -0.15) is 0 Å². The molecule has 2 aromatic carbocycles. The summed E-state index contributed by atoms with van der Waals surface area (Å²) in [6.45, 7) is 3.72. The van der Waals surface area contributed by atoms with Crippen molar-refractivity contribution in [2.75, 3.05) is 40.4 Å². The molecule has 0 spiro atoms. The molecule has 0 saturated carbocycles. The third kappa shape index (κ3) is 5.95. The molecule has 4 rings (SSSR count). The van der Waals surface area contributed by atoms with Crippen molar-refractivity contribution >= 4 is 38.9 Å². The van der Waals surface area contributed by atoms with E-state index in [9.17, 15) is 18.0 Å². The topological polar surface area (TPSA) is 117 Å². The van der Waals surface area contributed by atoms with E-state index < -0.39 is 27.7 Å². The number of hydrogen-bond donors (Lipinski definition) is 3. The van der Waals surface area contributed by atoms with Crippen LogP contribution in [0.25, 0.3) is 0 Å². The van der Waals surface area contributed by atoms with E-state index in [4.69, 9.17) is 4.74 Å². The number of anilines is 3. The van der Waals surface area contributed by atoms with Gasteiger partial charge < -0.3 is 20.3 Å². The fourth-order valence-corrected chi connectivity index (χ4v) is 5.01. The van der Waals surface area contributed by atoms with Crippen LogP contribution in [0.2, 0.25) is 0 Å². The Hall–Kier alpha value is -3.27. The summed E-state index contributed by atoms with van der Waals surface area (Å²) in [6, 6.07) is 11.9. The summed E-state index contributed by atoms with van der Waals surface area (Å²) in [4.78, 5) is 26.2. The average Bonchev–Trinajstić information content (AvgIpc) is 2.79. The largest absolute Gasteiger partial charge is 0.482 e. The molecule has 2 amide bonds. The molecule has 2 aliphatic rings. The Morgan fingerprint density at radius 2 is 1.85 bits per heavy atom. The zero-order chi connectivity index (χ0) is 23.4. The lowest BCUT2D eigenvalue weighted by Crippen LogP contribution is -2.34. The molecule has 0 aliphatic carbocycles. The first-order valence-electron chi connectivity index (χ1n) is 11.0. The molecule has 2 aliphatic heterocycles. The van der Waals surface area contributed by atoms with E-state index in [1.54, 1.807) is 37.3 Å². The van der Waals surface area contributed by atoms with Crippen LogP contribution in [0, 0.1) is 0 Å². The van der Waals surface area contributed by atoms with Crippen molar-refractivity contribution in [1.29, 1.82) is 0 Å². The number of carbonyl (C=O) groups is 2. The molecule has 1 unspecified atom stereocenters. The van der Waals surface area contributed by atoms with Crippen LogP contribution in [0.15, 0.2) is 42.5 Å². The first-order valence-corrected chi connectivity index (χ1v) is 12.7. The van der Waals surface area contributed by atoms with Gasteiger partial charge in [0.1, 0.15) is 11.5 Å². The number of nitrogens with zero attached hydrogens (tertiary/aromatic N) is 1. The molecule has 33 heavy (non-hydrogen) atoms. The second-order valence-electron chi connectivity index (χ2n) is 8.34. The van der Waals surface area contributed by atoms with Gasteiger partial charge in [0, 0.05) is 24.5 Å². The third-order valence-electron chi connectivity index (χ3n) is 5.70. The fraction of sp³-hybridized carbons (Fsp3) is 0.391. The number of rotatable bonds is 7. The number of piperidine rings is 1. The zero-order valence-corrected chi connectivity index (χ0v) is 19.3. The Morgan fingerprint density at radius 3 is 2.58 bits per heavy atom. The molecule has 176 valence electrons. The highest BCUT2D eigenvalue weighted by Gasteiger charge is 2.21. The maximum absolute atomic E-state index is 12.5. The van der Waals surface area contributed by atoms with E-state index in [-0.39, 0.29) is 12.5 Å². The lowest BCUT2D eigenvalue weighted by atomic mass is 10.1. The summed E-state index contributed by atoms with van der Waals surface area (Å²) in [5.41, 5.74) is 2.72. The highest BCUT2D eigenvalue weighted by Crippen LogP contribution is 2.30. The van der Waals surface area contributed by atoms with Crippen molar-refractivity contribution in [2.45, 2.75) is 32.2 Å². The minimum absolute atomic E-state index is 0.0372. The van der Waals surface area contributed by atoms with Gasteiger partial charge in [0.05, 0.1) is 11.7 Å². The van der Waals surface area contributed by atoms with E-state index in [2.05, 4.69) is 20.3 Å². The highest BCUT2D eigenvalue weighted by atomic mass is 32.2. The molecule has 3 N–H and O–H groups in total. The van der Waals surface area contributed by atoms with Crippen LogP contribution in [0.3, 0.4) is 0 Å². The van der Waals surface area contributed by atoms with Crippen molar-refractivity contribution < 1.29 is 22.7 Å². The Bertz CT molecular complexity index is 1130. The Labute approximate surface area is 193 Å². The zero-order valence-electron chi connectivity index (χ0n) is 18.5. The standard InChI is InChI=1S/C23H28N4O5S/c1-16(17-5-10-21-20(13-17)25-22(28)14-32-21)24-23(29)15-33(30,31)26-18-6-8-19(9-7-18)27-11-3-2-4-12-27/h5-10,13,16,26H,2-4,11-12,14-15H2,1H3,(H,24,29)(H,25,28). The molecule has 9 nitrogen and oxygen atoms in total. The van der Waals surface area contributed by atoms with Gasteiger partial charge in [-0.05, 0) is 68.1 Å². The molecule has 10 heteroatoms. The molecule has 1 saturated heterocycles. The highest BCUT2D eigenvalue weighted by molar-refractivity contribution is 7.93. The van der Waals surface area contributed by atoms with Crippen molar-refractivity contribution in [3.8, 4) is 5.75 Å². The number of fused-ring (bicyclic) bond motifs is 1. The molecule has 0 bridgehead atoms. The smallest absolute Gasteiger partial charge is 0.262 e. The minimum atomic E-state index is -3.87. The monoisotopic (exact) mass is 472 g/mol. The average molecular weight is 473 g/mol. The number of sulfonamides is 1. The minimum Gasteiger partial charge on any atom is -0.482 e. The van der Waals surface area contributed by atoms with Gasteiger partial charge in [0.25, 0.3) is 5.91 Å². The van der Waals surface area contributed by atoms with E-state index in [1.165, 1.54) is 6.42 Å². The summed E-state index contributed by atoms with van der Waals surface area (Å²) >= 11 is 0. The first kappa shape index (κ1) is 22.9. The van der Waals surface area contributed by atoms with Crippen LogP contribution in [0.4, 0.5) is 17.1 Å². The number of ether oxygens (including phenoxy) is 1. The lowest BCUT2D eigenvalue weighted by Gasteiger charge is -2.28. The lowest BCUT2D eigenvalue weighted by molar-refractivity contribution is -0.119. The molecule has 1 atom stereocenters. The van der Waals surface area contributed by atoms with Gasteiger partial charge in [0.2, 0.25) is 15.9 Å². The SMILES string of the molecule is CC(NC(=O)CS(=O)(=O)Nc1ccc(N2CCCCC2)cc1)c1ccc2c(c1)NC(=O)CO2. The number of nitrogens with one attached hydrogen (secondary N) is 3. The molecule has 0 radical (unpaired) electrons. The first-order chi connectivity index (χ1) is 15.8. The molecular formula is C23H28N4O5S. The van der Waals surface area contributed by atoms with E-state index >= 15 is 0 Å². The molecule has 2 aromatic rings. The summed E-state index contributed by atoms with van der Waals surface area (Å²) < 4.78 is 32.8. The third-order valence-corrected chi connectivity index (χ3v) is 6.89. The quantitative estimate of drug-likeness (QED) is 0.570. The van der Waals surface area contributed by atoms with Crippen molar-refractivity contribution in [3.63, 3.8) is 0 Å². The Kier molecular flexibility index (Phi) is 6.73. The second kappa shape index (κ2) is 9.70. The summed E-state index contributed by atoms with van der Waals surface area (Å²) in [5, 5.41) is 5.40. The van der Waals surface area contributed by atoms with Crippen LogP contribution in [-0.2, 0) is 19.6 Å². The van der Waals surface area contributed by atoms with Crippen molar-refractivity contribution in [3.05, 3.63) is 48.0 Å². The summed E-state index contributed by atoms with van der Waals surface area (Å²) in [7, 11) is -3.87. The van der Waals surface area contributed by atoms with Gasteiger partial charge >= 0.3 is 0 Å². The van der Waals surface area contributed by atoms with Gasteiger partial charge in [-0.25, -0.2) is 8.42 Å². The summed E-state index contributed by atoms with van der Waals surface area (Å²) in [6.07, 6.45) is 3.57. The van der Waals surface area contributed by atoms with E-state index in [0.29, 0.717) is 22.7 Å². The molecule has 0 aromatic heterocycles. The molecule has 2 heterocycles. The predicted molar refractivity (Wildman–Crippen MR) is 127 cm³/mol. The van der Waals surface area contributed by atoms with Gasteiger partial charge in [-0.15, -0.1) is 0 Å². The predicted octanol–water partition coefficient (Wildman–Crippen LogP) is 2.63. The van der Waals surface area contributed by atoms with Gasteiger partial charge in [-0.1, -0.05) is 6.07 Å². The summed E-state index contributed by atoms with van der Waals surface area (Å²) in [5.74, 6) is -1.03. The normalized spacial score (nSPS) is 16.8.